The number of rotatable bonds is 4. The molecule has 1 atom stereocenters. The van der Waals surface area contributed by atoms with E-state index in [2.05, 4.69) is 5.32 Å². The van der Waals surface area contributed by atoms with E-state index in [4.69, 9.17) is 0 Å². The van der Waals surface area contributed by atoms with Gasteiger partial charge in [-0.15, -0.1) is 0 Å². The molecule has 170 valence electrons. The van der Waals surface area contributed by atoms with E-state index in [1.54, 1.807) is 17.0 Å². The summed E-state index contributed by atoms with van der Waals surface area (Å²) in [5.41, 5.74) is 2.45. The Hall–Kier alpha value is -2.94. The number of sulfonamides is 1. The van der Waals surface area contributed by atoms with Crippen LogP contribution in [0.25, 0.3) is 0 Å². The molecule has 9 heteroatoms. The lowest BCUT2D eigenvalue weighted by molar-refractivity contribution is -0.117. The van der Waals surface area contributed by atoms with Gasteiger partial charge in [-0.2, -0.15) is 0 Å². The van der Waals surface area contributed by atoms with Gasteiger partial charge < -0.3 is 10.2 Å². The molecule has 0 bridgehead atoms. The summed E-state index contributed by atoms with van der Waals surface area (Å²) in [5, 5.41) is 3.37. The third-order valence-corrected chi connectivity index (χ3v) is 6.57. The first kappa shape index (κ1) is 22.3. The van der Waals surface area contributed by atoms with Crippen LogP contribution in [0.1, 0.15) is 54.2 Å². The molecule has 2 aliphatic rings. The van der Waals surface area contributed by atoms with Gasteiger partial charge in [0.15, 0.2) is 0 Å². The van der Waals surface area contributed by atoms with Gasteiger partial charge in [0.05, 0.1) is 23.5 Å². The molecule has 4 rings (SSSR count). The summed E-state index contributed by atoms with van der Waals surface area (Å²) in [6, 6.07) is 9.41. The molecule has 2 aliphatic heterocycles. The molecule has 0 saturated carbocycles. The molecule has 2 N–H and O–H groups in total. The maximum absolute atomic E-state index is 14.6. The normalized spacial score (nSPS) is 19.9. The number of para-hydroxylation sites is 1. The number of hydrogen-bond donors (Lipinski definition) is 2. The van der Waals surface area contributed by atoms with Crippen molar-refractivity contribution in [1.82, 2.24) is 4.72 Å². The number of anilines is 2. The zero-order valence-corrected chi connectivity index (χ0v) is 19.1. The van der Waals surface area contributed by atoms with E-state index in [1.165, 1.54) is 12.1 Å². The van der Waals surface area contributed by atoms with Crippen LogP contribution in [0.5, 0.6) is 0 Å². The number of amides is 2. The molecule has 0 radical (unpaired) electrons. The molecule has 2 amide bonds. The molecule has 2 heterocycles. The van der Waals surface area contributed by atoms with Crippen molar-refractivity contribution in [3.63, 3.8) is 0 Å². The molecule has 2 aromatic rings. The summed E-state index contributed by atoms with van der Waals surface area (Å²) in [6.45, 7) is 4.65. The lowest BCUT2D eigenvalue weighted by Gasteiger charge is -2.42. The third-order valence-electron chi connectivity index (χ3n) is 6.01. The Kier molecular flexibility index (Phi) is 5.48. The summed E-state index contributed by atoms with van der Waals surface area (Å²) in [7, 11) is -3.73. The van der Waals surface area contributed by atoms with Crippen LogP contribution in [0.15, 0.2) is 36.4 Å². The van der Waals surface area contributed by atoms with Crippen molar-refractivity contribution in [2.24, 2.45) is 5.41 Å². The average Bonchev–Trinajstić information content (AvgIpc) is 3.10. The fourth-order valence-corrected chi connectivity index (χ4v) is 5.08. The van der Waals surface area contributed by atoms with Crippen molar-refractivity contribution in [3.05, 3.63) is 58.9 Å². The highest BCUT2D eigenvalue weighted by Gasteiger charge is 2.38. The molecule has 0 spiro atoms. The number of nitrogens with zero attached hydrogens (tertiary/aromatic N) is 1. The number of nitrogens with one attached hydrogen (secondary N) is 2. The predicted octanol–water partition coefficient (Wildman–Crippen LogP) is 3.38. The van der Waals surface area contributed by atoms with Crippen molar-refractivity contribution in [1.29, 1.82) is 0 Å². The quantitative estimate of drug-likeness (QED) is 0.731. The highest BCUT2D eigenvalue weighted by molar-refractivity contribution is 7.89. The monoisotopic (exact) mass is 459 g/mol. The minimum atomic E-state index is -3.73. The Labute approximate surface area is 187 Å². The van der Waals surface area contributed by atoms with E-state index in [9.17, 15) is 22.4 Å². The van der Waals surface area contributed by atoms with Crippen molar-refractivity contribution >= 4 is 33.2 Å². The van der Waals surface area contributed by atoms with Gasteiger partial charge in [0.1, 0.15) is 5.82 Å². The first-order valence-electron chi connectivity index (χ1n) is 10.5. The van der Waals surface area contributed by atoms with Crippen LogP contribution in [-0.4, -0.2) is 33.0 Å². The van der Waals surface area contributed by atoms with Gasteiger partial charge in [-0.25, -0.2) is 17.5 Å². The SMILES string of the molecule is CC1(C)Cc2cccc(C(=O)NS(C)(=O)=O)c2NC1c1cc(F)cc(N2CCCC2=O)c1. The van der Waals surface area contributed by atoms with E-state index < -0.39 is 21.7 Å². The highest BCUT2D eigenvalue weighted by Crippen LogP contribution is 2.46. The Balaban J connectivity index is 1.75. The minimum Gasteiger partial charge on any atom is -0.377 e. The van der Waals surface area contributed by atoms with Crippen molar-refractivity contribution in [3.8, 4) is 0 Å². The average molecular weight is 460 g/mol. The second-order valence-corrected chi connectivity index (χ2v) is 10.9. The Morgan fingerprint density at radius 3 is 2.66 bits per heavy atom. The number of carbonyl (C=O) groups is 2. The largest absolute Gasteiger partial charge is 0.377 e. The van der Waals surface area contributed by atoms with Gasteiger partial charge in [-0.1, -0.05) is 26.0 Å². The van der Waals surface area contributed by atoms with E-state index in [1.807, 2.05) is 30.7 Å². The van der Waals surface area contributed by atoms with Gasteiger partial charge >= 0.3 is 0 Å². The van der Waals surface area contributed by atoms with Crippen molar-refractivity contribution < 1.29 is 22.4 Å². The lowest BCUT2D eigenvalue weighted by Crippen LogP contribution is -2.37. The molecular formula is C23H26FN3O4S. The molecule has 1 unspecified atom stereocenters. The molecular weight excluding hydrogens is 433 g/mol. The summed E-state index contributed by atoms with van der Waals surface area (Å²) < 4.78 is 39.8. The summed E-state index contributed by atoms with van der Waals surface area (Å²) in [5.74, 6) is -1.19. The van der Waals surface area contributed by atoms with Gasteiger partial charge in [-0.3, -0.25) is 9.59 Å². The Morgan fingerprint density at radius 2 is 2.00 bits per heavy atom. The summed E-state index contributed by atoms with van der Waals surface area (Å²) in [6.07, 6.45) is 2.71. The predicted molar refractivity (Wildman–Crippen MR) is 121 cm³/mol. The number of benzene rings is 2. The van der Waals surface area contributed by atoms with Crippen LogP contribution in [-0.2, 0) is 21.2 Å². The zero-order valence-electron chi connectivity index (χ0n) is 18.2. The van der Waals surface area contributed by atoms with Crippen LogP contribution in [0, 0.1) is 11.2 Å². The van der Waals surface area contributed by atoms with Gasteiger partial charge in [0, 0.05) is 18.7 Å². The second-order valence-electron chi connectivity index (χ2n) is 9.18. The molecule has 0 aliphatic carbocycles. The van der Waals surface area contributed by atoms with Crippen LogP contribution in [0.2, 0.25) is 0 Å². The van der Waals surface area contributed by atoms with Gasteiger partial charge in [0.25, 0.3) is 5.91 Å². The summed E-state index contributed by atoms with van der Waals surface area (Å²) >= 11 is 0. The maximum atomic E-state index is 14.6. The van der Waals surface area contributed by atoms with E-state index in [0.29, 0.717) is 36.3 Å². The van der Waals surface area contributed by atoms with Crippen LogP contribution in [0.3, 0.4) is 0 Å². The van der Waals surface area contributed by atoms with E-state index >= 15 is 0 Å². The number of hydrogen-bond acceptors (Lipinski definition) is 5. The molecule has 32 heavy (non-hydrogen) atoms. The topological polar surface area (TPSA) is 95.6 Å². The van der Waals surface area contributed by atoms with E-state index in [0.717, 1.165) is 18.2 Å². The third kappa shape index (κ3) is 4.34. The van der Waals surface area contributed by atoms with Gasteiger partial charge in [0.2, 0.25) is 15.9 Å². The first-order chi connectivity index (χ1) is 14.9. The first-order valence-corrected chi connectivity index (χ1v) is 12.4. The number of fused-ring (bicyclic) bond motifs is 1. The zero-order chi connectivity index (χ0) is 23.3. The molecule has 2 aromatic carbocycles. The van der Waals surface area contributed by atoms with E-state index in [-0.39, 0.29) is 22.9 Å². The van der Waals surface area contributed by atoms with Crippen LogP contribution in [0.4, 0.5) is 15.8 Å². The molecule has 1 saturated heterocycles. The van der Waals surface area contributed by atoms with Crippen LogP contribution < -0.4 is 14.9 Å². The van der Waals surface area contributed by atoms with Crippen molar-refractivity contribution in [2.75, 3.05) is 23.0 Å². The summed E-state index contributed by atoms with van der Waals surface area (Å²) in [4.78, 5) is 26.4. The Morgan fingerprint density at radius 1 is 1.25 bits per heavy atom. The fourth-order valence-electron chi connectivity index (χ4n) is 4.64. The molecule has 1 fully saturated rings. The smallest absolute Gasteiger partial charge is 0.266 e. The standard InChI is InChI=1S/C23H26FN3O4S/c1-23(2)13-14-6-4-7-18(22(29)26-32(3,30)31)20(14)25-21(23)15-10-16(24)12-17(11-15)27-9-5-8-19(27)28/h4,6-7,10-12,21,25H,5,8-9,13H2,1-3H3,(H,26,29). The maximum Gasteiger partial charge on any atom is 0.266 e. The lowest BCUT2D eigenvalue weighted by atomic mass is 9.72. The molecule has 0 aromatic heterocycles. The number of carbonyl (C=O) groups excluding carboxylic acids is 2. The second kappa shape index (κ2) is 7.88. The van der Waals surface area contributed by atoms with Crippen LogP contribution >= 0.6 is 0 Å². The van der Waals surface area contributed by atoms with Gasteiger partial charge in [-0.05, 0) is 53.6 Å². The fraction of sp³-hybridized carbons (Fsp3) is 0.391. The number of halogens is 1. The highest BCUT2D eigenvalue weighted by atomic mass is 32.2. The minimum absolute atomic E-state index is 0.0255. The Bertz CT molecular complexity index is 1210. The van der Waals surface area contributed by atoms with Crippen molar-refractivity contribution in [2.45, 2.75) is 39.2 Å². The molecule has 7 nitrogen and oxygen atoms in total.